The van der Waals surface area contributed by atoms with Gasteiger partial charge in [0.25, 0.3) is 0 Å². The first-order valence-corrected chi connectivity index (χ1v) is 3.32. The van der Waals surface area contributed by atoms with Crippen molar-refractivity contribution in [3.05, 3.63) is 6.92 Å². The Morgan fingerprint density at radius 2 is 1.89 bits per heavy atom. The highest BCUT2D eigenvalue weighted by atomic mass is 16.5. The van der Waals surface area contributed by atoms with Crippen molar-refractivity contribution in [2.45, 2.75) is 32.5 Å². The fraction of sp³-hybridized carbons (Fsp3) is 0.857. The highest BCUT2D eigenvalue weighted by Gasteiger charge is 2.01. The first kappa shape index (κ1) is 8.92. The number of aliphatic hydroxyl groups is 2. The predicted molar refractivity (Wildman–Crippen MR) is 36.6 cm³/mol. The SMILES string of the molecule is [CH2]CC(C)CCC(O)O. The van der Waals surface area contributed by atoms with Crippen molar-refractivity contribution >= 4 is 0 Å². The topological polar surface area (TPSA) is 40.5 Å². The van der Waals surface area contributed by atoms with Crippen LogP contribution in [-0.2, 0) is 0 Å². The Morgan fingerprint density at radius 1 is 1.33 bits per heavy atom. The minimum atomic E-state index is -1.14. The van der Waals surface area contributed by atoms with Gasteiger partial charge in [-0.2, -0.15) is 0 Å². The van der Waals surface area contributed by atoms with Crippen molar-refractivity contribution in [3.8, 4) is 0 Å². The zero-order valence-corrected chi connectivity index (χ0v) is 5.88. The Labute approximate surface area is 56.5 Å². The molecule has 2 nitrogen and oxygen atoms in total. The molecule has 1 radical (unpaired) electrons. The van der Waals surface area contributed by atoms with Gasteiger partial charge in [-0.15, -0.1) is 0 Å². The highest BCUT2D eigenvalue weighted by Crippen LogP contribution is 2.09. The summed E-state index contributed by atoms with van der Waals surface area (Å²) in [5, 5.41) is 16.9. The molecule has 0 amide bonds. The van der Waals surface area contributed by atoms with Crippen LogP contribution < -0.4 is 0 Å². The third kappa shape index (κ3) is 5.80. The summed E-state index contributed by atoms with van der Waals surface area (Å²) in [6.07, 6.45) is 1.05. The zero-order chi connectivity index (χ0) is 7.28. The summed E-state index contributed by atoms with van der Waals surface area (Å²) < 4.78 is 0. The fourth-order valence-corrected chi connectivity index (χ4v) is 0.578. The van der Waals surface area contributed by atoms with Gasteiger partial charge in [0.15, 0.2) is 6.29 Å². The number of hydrogen-bond donors (Lipinski definition) is 2. The maximum Gasteiger partial charge on any atom is 0.151 e. The zero-order valence-electron chi connectivity index (χ0n) is 5.88. The van der Waals surface area contributed by atoms with Gasteiger partial charge < -0.3 is 10.2 Å². The van der Waals surface area contributed by atoms with E-state index >= 15 is 0 Å². The second-order valence-electron chi connectivity index (χ2n) is 2.45. The molecule has 0 aromatic carbocycles. The third-order valence-electron chi connectivity index (χ3n) is 1.41. The van der Waals surface area contributed by atoms with E-state index in [4.69, 9.17) is 10.2 Å². The molecule has 0 aliphatic rings. The summed E-state index contributed by atoms with van der Waals surface area (Å²) in [5.41, 5.74) is 0. The van der Waals surface area contributed by atoms with Crippen molar-refractivity contribution in [2.75, 3.05) is 0 Å². The first-order chi connectivity index (χ1) is 4.16. The van der Waals surface area contributed by atoms with Gasteiger partial charge in [-0.1, -0.05) is 20.3 Å². The molecule has 9 heavy (non-hydrogen) atoms. The Hall–Kier alpha value is -0.0800. The molecule has 0 heterocycles. The van der Waals surface area contributed by atoms with Crippen LogP contribution >= 0.6 is 0 Å². The van der Waals surface area contributed by atoms with E-state index in [1.54, 1.807) is 0 Å². The first-order valence-electron chi connectivity index (χ1n) is 3.32. The van der Waals surface area contributed by atoms with E-state index in [9.17, 15) is 0 Å². The Morgan fingerprint density at radius 3 is 2.22 bits per heavy atom. The molecular weight excluding hydrogens is 116 g/mol. The fourth-order valence-electron chi connectivity index (χ4n) is 0.578. The molecule has 0 saturated heterocycles. The lowest BCUT2D eigenvalue weighted by Crippen LogP contribution is -2.06. The normalized spacial score (nSPS) is 14.3. The summed E-state index contributed by atoms with van der Waals surface area (Å²) in [6, 6.07) is 0. The maximum absolute atomic E-state index is 8.43. The van der Waals surface area contributed by atoms with Gasteiger partial charge in [-0.3, -0.25) is 0 Å². The molecule has 2 heteroatoms. The van der Waals surface area contributed by atoms with E-state index in [0.717, 1.165) is 12.8 Å². The van der Waals surface area contributed by atoms with Gasteiger partial charge >= 0.3 is 0 Å². The molecule has 0 spiro atoms. The van der Waals surface area contributed by atoms with Gasteiger partial charge in [0.05, 0.1) is 0 Å². The summed E-state index contributed by atoms with van der Waals surface area (Å²) in [4.78, 5) is 0. The minimum absolute atomic E-state index is 0.469. The van der Waals surface area contributed by atoms with E-state index in [0.29, 0.717) is 12.3 Å². The van der Waals surface area contributed by atoms with Gasteiger partial charge in [-0.25, -0.2) is 0 Å². The summed E-state index contributed by atoms with van der Waals surface area (Å²) >= 11 is 0. The van der Waals surface area contributed by atoms with Gasteiger partial charge in [-0.05, 0) is 18.8 Å². The molecule has 0 aromatic heterocycles. The lowest BCUT2D eigenvalue weighted by molar-refractivity contribution is -0.0484. The molecular formula is C7H15O2. The molecule has 0 aromatic rings. The number of hydrogen-bond acceptors (Lipinski definition) is 2. The molecule has 55 valence electrons. The second kappa shape index (κ2) is 4.77. The van der Waals surface area contributed by atoms with Crippen molar-refractivity contribution in [2.24, 2.45) is 5.92 Å². The quantitative estimate of drug-likeness (QED) is 0.557. The molecule has 2 N–H and O–H groups in total. The summed E-state index contributed by atoms with van der Waals surface area (Å²) in [6.45, 7) is 5.75. The van der Waals surface area contributed by atoms with Crippen LogP contribution in [0.3, 0.4) is 0 Å². The molecule has 0 saturated carbocycles. The van der Waals surface area contributed by atoms with Crippen LogP contribution in [0.15, 0.2) is 0 Å². The highest BCUT2D eigenvalue weighted by molar-refractivity contribution is 4.54. The van der Waals surface area contributed by atoms with Crippen LogP contribution in [0.4, 0.5) is 0 Å². The Balaban J connectivity index is 3.06. The van der Waals surface area contributed by atoms with Crippen molar-refractivity contribution in [1.29, 1.82) is 0 Å². The van der Waals surface area contributed by atoms with Crippen LogP contribution in [-0.4, -0.2) is 16.5 Å². The monoisotopic (exact) mass is 131 g/mol. The van der Waals surface area contributed by atoms with E-state index in [-0.39, 0.29) is 0 Å². The van der Waals surface area contributed by atoms with Crippen LogP contribution in [0.2, 0.25) is 0 Å². The lowest BCUT2D eigenvalue weighted by Gasteiger charge is -2.07. The van der Waals surface area contributed by atoms with Gasteiger partial charge in [0, 0.05) is 0 Å². The largest absolute Gasteiger partial charge is 0.368 e. The predicted octanol–water partition coefficient (Wildman–Crippen LogP) is 0.938. The smallest absolute Gasteiger partial charge is 0.151 e. The molecule has 0 aliphatic carbocycles. The van der Waals surface area contributed by atoms with Crippen LogP contribution in [0.5, 0.6) is 0 Å². The second-order valence-corrected chi connectivity index (χ2v) is 2.45. The lowest BCUT2D eigenvalue weighted by atomic mass is 10.0. The molecule has 0 rings (SSSR count). The standard InChI is InChI=1S/C7H15O2/c1-3-6(2)4-5-7(8)9/h6-9H,1,3-5H2,2H3. The van der Waals surface area contributed by atoms with E-state index in [2.05, 4.69) is 13.8 Å². The van der Waals surface area contributed by atoms with Crippen LogP contribution in [0, 0.1) is 12.8 Å². The van der Waals surface area contributed by atoms with Crippen molar-refractivity contribution in [3.63, 3.8) is 0 Å². The average molecular weight is 131 g/mol. The van der Waals surface area contributed by atoms with E-state index < -0.39 is 6.29 Å². The number of rotatable bonds is 4. The number of aliphatic hydroxyl groups excluding tert-OH is 1. The van der Waals surface area contributed by atoms with Crippen LogP contribution in [0.1, 0.15) is 26.2 Å². The van der Waals surface area contributed by atoms with Gasteiger partial charge in [0.2, 0.25) is 0 Å². The van der Waals surface area contributed by atoms with Crippen molar-refractivity contribution < 1.29 is 10.2 Å². The van der Waals surface area contributed by atoms with Crippen LogP contribution in [0.25, 0.3) is 0 Å². The Kier molecular flexibility index (Phi) is 4.72. The Bertz CT molecular complexity index is 61.9. The minimum Gasteiger partial charge on any atom is -0.368 e. The van der Waals surface area contributed by atoms with E-state index in [1.165, 1.54) is 0 Å². The molecule has 1 atom stereocenters. The summed E-state index contributed by atoms with van der Waals surface area (Å²) in [5.74, 6) is 0.506. The third-order valence-corrected chi connectivity index (χ3v) is 1.41. The molecule has 1 unspecified atom stereocenters. The van der Waals surface area contributed by atoms with Gasteiger partial charge in [0.1, 0.15) is 0 Å². The van der Waals surface area contributed by atoms with Crippen molar-refractivity contribution in [1.82, 2.24) is 0 Å². The maximum atomic E-state index is 8.43. The van der Waals surface area contributed by atoms with E-state index in [1.807, 2.05) is 0 Å². The molecule has 0 bridgehead atoms. The average Bonchev–Trinajstić information content (AvgIpc) is 1.83. The molecule has 0 aliphatic heterocycles. The summed E-state index contributed by atoms with van der Waals surface area (Å²) in [7, 11) is 0. The molecule has 0 fully saturated rings.